The highest BCUT2D eigenvalue weighted by Crippen LogP contribution is 2.21. The van der Waals surface area contributed by atoms with E-state index in [9.17, 15) is 0 Å². The molecule has 106 valence electrons. The Morgan fingerprint density at radius 1 is 1.19 bits per heavy atom. The second-order valence-corrected chi connectivity index (χ2v) is 5.00. The molecule has 2 heterocycles. The number of hydrogen-bond donors (Lipinski definition) is 2. The molecule has 0 aliphatic rings. The van der Waals surface area contributed by atoms with Crippen LogP contribution >= 0.6 is 11.8 Å². The van der Waals surface area contributed by atoms with Gasteiger partial charge in [0.2, 0.25) is 11.9 Å². The first kappa shape index (κ1) is 13.4. The standard InChI is InChI=1S/C13H13N7S/c1-21-10-5-2-4-9(8-10)16-12-17-11(14)18-13(19-12)20-7-3-6-15-20/h2-8H,1H3,(H3,14,16,17,18,19). The van der Waals surface area contributed by atoms with Gasteiger partial charge in [0.05, 0.1) is 0 Å². The Balaban J connectivity index is 1.91. The molecule has 7 nitrogen and oxygen atoms in total. The minimum absolute atomic E-state index is 0.138. The fourth-order valence-electron chi connectivity index (χ4n) is 1.76. The zero-order valence-corrected chi connectivity index (χ0v) is 12.1. The molecule has 0 atom stereocenters. The first-order chi connectivity index (χ1) is 10.2. The number of rotatable bonds is 4. The number of hydrogen-bond acceptors (Lipinski definition) is 7. The van der Waals surface area contributed by atoms with E-state index in [2.05, 4.69) is 25.4 Å². The van der Waals surface area contributed by atoms with Crippen molar-refractivity contribution in [1.29, 1.82) is 0 Å². The summed E-state index contributed by atoms with van der Waals surface area (Å²) >= 11 is 1.67. The largest absolute Gasteiger partial charge is 0.368 e. The number of anilines is 3. The van der Waals surface area contributed by atoms with E-state index in [0.717, 1.165) is 10.6 Å². The van der Waals surface area contributed by atoms with Crippen LogP contribution in [0.25, 0.3) is 5.95 Å². The summed E-state index contributed by atoms with van der Waals surface area (Å²) in [6, 6.07) is 9.74. The maximum Gasteiger partial charge on any atom is 0.257 e. The smallest absolute Gasteiger partial charge is 0.257 e. The Hall–Kier alpha value is -2.61. The van der Waals surface area contributed by atoms with Gasteiger partial charge in [0.25, 0.3) is 5.95 Å². The maximum absolute atomic E-state index is 5.73. The summed E-state index contributed by atoms with van der Waals surface area (Å²) < 4.78 is 1.53. The van der Waals surface area contributed by atoms with Crippen LogP contribution in [-0.4, -0.2) is 31.0 Å². The van der Waals surface area contributed by atoms with E-state index in [1.807, 2.05) is 30.5 Å². The van der Waals surface area contributed by atoms with E-state index in [1.54, 1.807) is 30.2 Å². The lowest BCUT2D eigenvalue weighted by Gasteiger charge is -2.08. The number of nitrogens with two attached hydrogens (primary N) is 1. The Morgan fingerprint density at radius 2 is 2.10 bits per heavy atom. The molecule has 0 fully saturated rings. The lowest BCUT2D eigenvalue weighted by molar-refractivity contribution is 0.801. The lowest BCUT2D eigenvalue weighted by Crippen LogP contribution is -2.09. The highest BCUT2D eigenvalue weighted by atomic mass is 32.2. The van der Waals surface area contributed by atoms with Gasteiger partial charge in [0.15, 0.2) is 0 Å². The molecule has 0 spiro atoms. The van der Waals surface area contributed by atoms with Crippen molar-refractivity contribution in [2.24, 2.45) is 0 Å². The fourth-order valence-corrected chi connectivity index (χ4v) is 2.22. The predicted octanol–water partition coefficient (Wildman–Crippen LogP) is 2.10. The van der Waals surface area contributed by atoms with Gasteiger partial charge >= 0.3 is 0 Å². The number of nitrogen functional groups attached to an aromatic ring is 1. The molecule has 0 unspecified atom stereocenters. The number of thioether (sulfide) groups is 1. The minimum atomic E-state index is 0.138. The van der Waals surface area contributed by atoms with Crippen LogP contribution in [0.2, 0.25) is 0 Å². The van der Waals surface area contributed by atoms with E-state index >= 15 is 0 Å². The molecule has 3 aromatic rings. The average molecular weight is 299 g/mol. The molecule has 0 aliphatic carbocycles. The van der Waals surface area contributed by atoms with E-state index in [0.29, 0.717) is 11.9 Å². The second-order valence-electron chi connectivity index (χ2n) is 4.12. The Bertz CT molecular complexity index is 742. The molecular formula is C13H13N7S. The van der Waals surface area contributed by atoms with Gasteiger partial charge in [-0.1, -0.05) is 6.07 Å². The summed E-state index contributed by atoms with van der Waals surface area (Å²) in [5, 5.41) is 7.21. The van der Waals surface area contributed by atoms with E-state index in [-0.39, 0.29) is 5.95 Å². The third-order valence-electron chi connectivity index (χ3n) is 2.68. The van der Waals surface area contributed by atoms with Gasteiger partial charge in [-0.05, 0) is 30.5 Å². The maximum atomic E-state index is 5.73. The molecule has 0 saturated heterocycles. The molecule has 3 N–H and O–H groups in total. The van der Waals surface area contributed by atoms with Crippen LogP contribution in [0.4, 0.5) is 17.6 Å². The molecule has 0 radical (unpaired) electrons. The molecule has 3 rings (SSSR count). The fraction of sp³-hybridized carbons (Fsp3) is 0.0769. The van der Waals surface area contributed by atoms with Crippen LogP contribution in [0.5, 0.6) is 0 Å². The van der Waals surface area contributed by atoms with Gasteiger partial charge in [-0.25, -0.2) is 4.68 Å². The number of nitrogens with one attached hydrogen (secondary N) is 1. The zero-order valence-electron chi connectivity index (χ0n) is 11.3. The minimum Gasteiger partial charge on any atom is -0.368 e. The average Bonchev–Trinajstić information content (AvgIpc) is 3.01. The third kappa shape index (κ3) is 3.11. The number of benzene rings is 1. The highest BCUT2D eigenvalue weighted by molar-refractivity contribution is 7.98. The van der Waals surface area contributed by atoms with E-state index in [4.69, 9.17) is 5.73 Å². The monoisotopic (exact) mass is 299 g/mol. The zero-order chi connectivity index (χ0) is 14.7. The van der Waals surface area contributed by atoms with Crippen molar-refractivity contribution in [1.82, 2.24) is 24.7 Å². The van der Waals surface area contributed by atoms with Crippen molar-refractivity contribution in [2.45, 2.75) is 4.90 Å². The van der Waals surface area contributed by atoms with Crippen molar-refractivity contribution in [3.63, 3.8) is 0 Å². The number of nitrogens with zero attached hydrogens (tertiary/aromatic N) is 5. The summed E-state index contributed by atoms with van der Waals surface area (Å²) in [6.07, 6.45) is 5.41. The first-order valence-corrected chi connectivity index (χ1v) is 7.40. The molecule has 0 saturated carbocycles. The van der Waals surface area contributed by atoms with Crippen LogP contribution < -0.4 is 11.1 Å². The van der Waals surface area contributed by atoms with Crippen LogP contribution in [0.1, 0.15) is 0 Å². The summed E-state index contributed by atoms with van der Waals surface area (Å²) in [4.78, 5) is 13.6. The molecule has 0 amide bonds. The number of aromatic nitrogens is 5. The molecule has 0 aliphatic heterocycles. The van der Waals surface area contributed by atoms with Gasteiger partial charge in [0, 0.05) is 23.0 Å². The second kappa shape index (κ2) is 5.80. The SMILES string of the molecule is CSc1cccc(Nc2nc(N)nc(-n3cccn3)n2)c1. The molecule has 1 aromatic carbocycles. The van der Waals surface area contributed by atoms with E-state index in [1.165, 1.54) is 4.68 Å². The Labute approximate surface area is 125 Å². The third-order valence-corrected chi connectivity index (χ3v) is 3.40. The molecule has 8 heteroatoms. The van der Waals surface area contributed by atoms with Crippen LogP contribution in [0.15, 0.2) is 47.6 Å². The van der Waals surface area contributed by atoms with Gasteiger partial charge in [-0.2, -0.15) is 20.1 Å². The van der Waals surface area contributed by atoms with Crippen molar-refractivity contribution >= 4 is 29.3 Å². The van der Waals surface area contributed by atoms with E-state index < -0.39 is 0 Å². The van der Waals surface area contributed by atoms with Gasteiger partial charge in [0.1, 0.15) is 0 Å². The van der Waals surface area contributed by atoms with Gasteiger partial charge < -0.3 is 11.1 Å². The summed E-state index contributed by atoms with van der Waals surface area (Å²) in [6.45, 7) is 0. The van der Waals surface area contributed by atoms with Crippen molar-refractivity contribution in [3.8, 4) is 5.95 Å². The Kier molecular flexibility index (Phi) is 3.69. The molecular weight excluding hydrogens is 286 g/mol. The van der Waals surface area contributed by atoms with Crippen LogP contribution in [0.3, 0.4) is 0 Å². The van der Waals surface area contributed by atoms with Crippen molar-refractivity contribution in [2.75, 3.05) is 17.3 Å². The summed E-state index contributed by atoms with van der Waals surface area (Å²) in [5.74, 6) is 0.890. The molecule has 0 bridgehead atoms. The topological polar surface area (TPSA) is 94.5 Å². The van der Waals surface area contributed by atoms with Gasteiger partial charge in [-0.3, -0.25) is 0 Å². The predicted molar refractivity (Wildman–Crippen MR) is 82.9 cm³/mol. The summed E-state index contributed by atoms with van der Waals surface area (Å²) in [5.41, 5.74) is 6.62. The molecule has 21 heavy (non-hydrogen) atoms. The van der Waals surface area contributed by atoms with Crippen molar-refractivity contribution in [3.05, 3.63) is 42.7 Å². The van der Waals surface area contributed by atoms with Crippen LogP contribution in [0, 0.1) is 0 Å². The molecule has 2 aromatic heterocycles. The first-order valence-electron chi connectivity index (χ1n) is 6.17. The van der Waals surface area contributed by atoms with Crippen LogP contribution in [-0.2, 0) is 0 Å². The normalized spacial score (nSPS) is 10.5. The van der Waals surface area contributed by atoms with Crippen molar-refractivity contribution < 1.29 is 0 Å². The quantitative estimate of drug-likeness (QED) is 0.712. The highest BCUT2D eigenvalue weighted by Gasteiger charge is 2.07. The lowest BCUT2D eigenvalue weighted by atomic mass is 10.3. The summed E-state index contributed by atoms with van der Waals surface area (Å²) in [7, 11) is 0. The Morgan fingerprint density at radius 3 is 2.86 bits per heavy atom. The van der Waals surface area contributed by atoms with Gasteiger partial charge in [-0.15, -0.1) is 11.8 Å².